The van der Waals surface area contributed by atoms with Gasteiger partial charge in [0.15, 0.2) is 0 Å². The van der Waals surface area contributed by atoms with Crippen molar-refractivity contribution in [3.05, 3.63) is 18.2 Å². The van der Waals surface area contributed by atoms with E-state index in [1.165, 1.54) is 0 Å². The van der Waals surface area contributed by atoms with Crippen molar-refractivity contribution in [2.75, 3.05) is 30.3 Å². The number of hydrogen-bond acceptors (Lipinski definition) is 4. The van der Waals surface area contributed by atoms with E-state index in [2.05, 4.69) is 9.88 Å². The predicted molar refractivity (Wildman–Crippen MR) is 65.5 cm³/mol. The maximum absolute atomic E-state index is 5.69. The van der Waals surface area contributed by atoms with Crippen molar-refractivity contribution < 1.29 is 4.74 Å². The second-order valence-electron chi connectivity index (χ2n) is 4.09. The summed E-state index contributed by atoms with van der Waals surface area (Å²) in [6.45, 7) is 4.78. The van der Waals surface area contributed by atoms with Gasteiger partial charge in [0.05, 0.1) is 6.10 Å². The average molecular weight is 221 g/mol. The second kappa shape index (κ2) is 5.16. The van der Waals surface area contributed by atoms with Crippen LogP contribution in [-0.4, -0.2) is 30.8 Å². The minimum Gasteiger partial charge on any atom is -0.384 e. The quantitative estimate of drug-likeness (QED) is 0.843. The number of nitrogen functional groups attached to an aromatic ring is 1. The lowest BCUT2D eigenvalue weighted by atomic mass is 10.1. The number of nitrogens with two attached hydrogens (primary N) is 1. The summed E-state index contributed by atoms with van der Waals surface area (Å²) in [5, 5.41) is 0. The third-order valence-electron chi connectivity index (χ3n) is 2.86. The Balaban J connectivity index is 2.03. The van der Waals surface area contributed by atoms with Gasteiger partial charge in [0.25, 0.3) is 0 Å². The van der Waals surface area contributed by atoms with Gasteiger partial charge in [0.1, 0.15) is 11.6 Å². The van der Waals surface area contributed by atoms with Crippen LogP contribution in [-0.2, 0) is 4.74 Å². The number of aromatic nitrogens is 1. The summed E-state index contributed by atoms with van der Waals surface area (Å²) in [5.74, 6) is 1.54. The topological polar surface area (TPSA) is 51.4 Å². The van der Waals surface area contributed by atoms with Crippen LogP contribution in [0.1, 0.15) is 19.8 Å². The van der Waals surface area contributed by atoms with E-state index in [0.29, 0.717) is 11.9 Å². The molecule has 2 heterocycles. The predicted octanol–water partition coefficient (Wildman–Crippen LogP) is 1.67. The van der Waals surface area contributed by atoms with Gasteiger partial charge < -0.3 is 15.4 Å². The van der Waals surface area contributed by atoms with E-state index < -0.39 is 0 Å². The van der Waals surface area contributed by atoms with Crippen molar-refractivity contribution in [2.24, 2.45) is 0 Å². The Morgan fingerprint density at radius 3 is 3.19 bits per heavy atom. The number of ether oxygens (including phenoxy) is 1. The van der Waals surface area contributed by atoms with E-state index in [1.807, 2.05) is 25.1 Å². The summed E-state index contributed by atoms with van der Waals surface area (Å²) in [7, 11) is 0. The van der Waals surface area contributed by atoms with Crippen molar-refractivity contribution in [1.29, 1.82) is 0 Å². The molecule has 2 rings (SSSR count). The Morgan fingerprint density at radius 1 is 1.56 bits per heavy atom. The molecule has 88 valence electrons. The van der Waals surface area contributed by atoms with Crippen LogP contribution in [0, 0.1) is 0 Å². The number of rotatable bonds is 3. The van der Waals surface area contributed by atoms with Crippen LogP contribution >= 0.6 is 0 Å². The monoisotopic (exact) mass is 221 g/mol. The first-order chi connectivity index (χ1) is 7.79. The van der Waals surface area contributed by atoms with Gasteiger partial charge in [-0.15, -0.1) is 0 Å². The standard InChI is InChI=1S/C12H19N3O/c1-2-16-10-5-4-8-15(9-10)12-7-3-6-11(13)14-12/h3,6-7,10H,2,4-5,8-9H2,1H3,(H2,13,14). The highest BCUT2D eigenvalue weighted by molar-refractivity contribution is 5.45. The van der Waals surface area contributed by atoms with Crippen LogP contribution in [0.5, 0.6) is 0 Å². The highest BCUT2D eigenvalue weighted by atomic mass is 16.5. The highest BCUT2D eigenvalue weighted by Gasteiger charge is 2.20. The molecule has 4 heteroatoms. The molecule has 1 aromatic rings. The Morgan fingerprint density at radius 2 is 2.44 bits per heavy atom. The van der Waals surface area contributed by atoms with Gasteiger partial charge in [-0.05, 0) is 31.9 Å². The summed E-state index contributed by atoms with van der Waals surface area (Å²) in [4.78, 5) is 6.59. The molecule has 1 aliphatic heterocycles. The van der Waals surface area contributed by atoms with E-state index in [-0.39, 0.29) is 0 Å². The van der Waals surface area contributed by atoms with Crippen molar-refractivity contribution in [2.45, 2.75) is 25.9 Å². The number of hydrogen-bond donors (Lipinski definition) is 1. The Bertz CT molecular complexity index is 341. The molecule has 2 N–H and O–H groups in total. The number of nitrogens with zero attached hydrogens (tertiary/aromatic N) is 2. The van der Waals surface area contributed by atoms with Gasteiger partial charge >= 0.3 is 0 Å². The Hall–Kier alpha value is -1.29. The van der Waals surface area contributed by atoms with E-state index in [9.17, 15) is 0 Å². The lowest BCUT2D eigenvalue weighted by molar-refractivity contribution is 0.0525. The molecule has 1 aromatic heterocycles. The van der Waals surface area contributed by atoms with E-state index in [4.69, 9.17) is 10.5 Å². The first-order valence-corrected chi connectivity index (χ1v) is 5.88. The Kier molecular flexibility index (Phi) is 3.62. The lowest BCUT2D eigenvalue weighted by Gasteiger charge is -2.33. The molecule has 4 nitrogen and oxygen atoms in total. The molecule has 0 saturated carbocycles. The normalized spacial score (nSPS) is 21.1. The number of piperidine rings is 1. The maximum atomic E-state index is 5.69. The molecular formula is C12H19N3O. The first kappa shape index (κ1) is 11.2. The summed E-state index contributed by atoms with van der Waals surface area (Å²) in [6.07, 6.45) is 2.63. The molecule has 16 heavy (non-hydrogen) atoms. The molecule has 0 aromatic carbocycles. The zero-order valence-corrected chi connectivity index (χ0v) is 9.72. The maximum Gasteiger partial charge on any atom is 0.131 e. The van der Waals surface area contributed by atoms with Gasteiger partial charge in [-0.2, -0.15) is 0 Å². The molecule has 1 fully saturated rings. The molecule has 0 spiro atoms. The fraction of sp³-hybridized carbons (Fsp3) is 0.583. The summed E-state index contributed by atoms with van der Waals surface area (Å²) >= 11 is 0. The van der Waals surface area contributed by atoms with Gasteiger partial charge in [-0.25, -0.2) is 4.98 Å². The number of anilines is 2. The molecule has 0 bridgehead atoms. The van der Waals surface area contributed by atoms with Crippen molar-refractivity contribution in [3.8, 4) is 0 Å². The van der Waals surface area contributed by atoms with Crippen molar-refractivity contribution in [1.82, 2.24) is 4.98 Å². The molecule has 1 atom stereocenters. The fourth-order valence-corrected chi connectivity index (χ4v) is 2.13. The van der Waals surface area contributed by atoms with E-state index in [0.717, 1.165) is 38.4 Å². The first-order valence-electron chi connectivity index (χ1n) is 5.88. The van der Waals surface area contributed by atoms with Crippen LogP contribution < -0.4 is 10.6 Å². The van der Waals surface area contributed by atoms with Crippen LogP contribution in [0.3, 0.4) is 0 Å². The van der Waals surface area contributed by atoms with Crippen LogP contribution in [0.2, 0.25) is 0 Å². The molecule has 0 radical (unpaired) electrons. The largest absolute Gasteiger partial charge is 0.384 e. The lowest BCUT2D eigenvalue weighted by Crippen LogP contribution is -2.40. The zero-order chi connectivity index (χ0) is 11.4. The third-order valence-corrected chi connectivity index (χ3v) is 2.86. The second-order valence-corrected chi connectivity index (χ2v) is 4.09. The fourth-order valence-electron chi connectivity index (χ4n) is 2.13. The van der Waals surface area contributed by atoms with E-state index >= 15 is 0 Å². The minimum absolute atomic E-state index is 0.335. The van der Waals surface area contributed by atoms with Gasteiger partial charge in [0, 0.05) is 19.7 Å². The van der Waals surface area contributed by atoms with Gasteiger partial charge in [-0.1, -0.05) is 6.07 Å². The zero-order valence-electron chi connectivity index (χ0n) is 9.72. The smallest absolute Gasteiger partial charge is 0.131 e. The molecule has 1 unspecified atom stereocenters. The van der Waals surface area contributed by atoms with Crippen molar-refractivity contribution >= 4 is 11.6 Å². The molecule has 1 saturated heterocycles. The van der Waals surface area contributed by atoms with Crippen LogP contribution in [0.25, 0.3) is 0 Å². The molecule has 0 aliphatic carbocycles. The molecular weight excluding hydrogens is 202 g/mol. The minimum atomic E-state index is 0.335. The highest BCUT2D eigenvalue weighted by Crippen LogP contribution is 2.20. The van der Waals surface area contributed by atoms with Crippen molar-refractivity contribution in [3.63, 3.8) is 0 Å². The average Bonchev–Trinajstić information content (AvgIpc) is 2.30. The molecule has 0 amide bonds. The van der Waals surface area contributed by atoms with Crippen LogP contribution in [0.4, 0.5) is 11.6 Å². The molecule has 1 aliphatic rings. The van der Waals surface area contributed by atoms with Crippen LogP contribution in [0.15, 0.2) is 18.2 Å². The number of pyridine rings is 1. The van der Waals surface area contributed by atoms with Gasteiger partial charge in [-0.3, -0.25) is 0 Å². The van der Waals surface area contributed by atoms with Gasteiger partial charge in [0.2, 0.25) is 0 Å². The SMILES string of the molecule is CCOC1CCCN(c2cccc(N)n2)C1. The van der Waals surface area contributed by atoms with E-state index in [1.54, 1.807) is 0 Å². The summed E-state index contributed by atoms with van der Waals surface area (Å²) < 4.78 is 5.66. The summed E-state index contributed by atoms with van der Waals surface area (Å²) in [5.41, 5.74) is 5.69. The third kappa shape index (κ3) is 2.64. The Labute approximate surface area is 96.4 Å². The summed E-state index contributed by atoms with van der Waals surface area (Å²) in [6, 6.07) is 5.76.